The quantitative estimate of drug-likeness (QED) is 0.772. The Morgan fingerprint density at radius 3 is 2.54 bits per heavy atom. The summed E-state index contributed by atoms with van der Waals surface area (Å²) in [4.78, 5) is 17.1. The van der Waals surface area contributed by atoms with E-state index in [1.54, 1.807) is 12.1 Å². The van der Waals surface area contributed by atoms with Crippen molar-refractivity contribution in [2.75, 3.05) is 0 Å². The number of aliphatic imine (C=N–C) groups is 1. The van der Waals surface area contributed by atoms with Gasteiger partial charge in [0.05, 0.1) is 10.6 Å². The molecule has 0 bridgehead atoms. The van der Waals surface area contributed by atoms with E-state index in [0.29, 0.717) is 15.1 Å². The molecule has 0 saturated carbocycles. The molecule has 1 heterocycles. The lowest BCUT2D eigenvalue weighted by Gasteiger charge is -1.97. The number of halogens is 1. The number of nitrogens with zero attached hydrogens (tertiary/aromatic N) is 1. The number of carbonyl (C=O) groups excluding carboxylic acids is 1. The highest BCUT2D eigenvalue weighted by Gasteiger charge is 2.23. The molecule has 0 unspecified atom stereocenters. The van der Waals surface area contributed by atoms with Gasteiger partial charge in [-0.25, -0.2) is 4.99 Å². The van der Waals surface area contributed by atoms with Crippen LogP contribution in [0.15, 0.2) is 76.1 Å². The summed E-state index contributed by atoms with van der Waals surface area (Å²) >= 11 is 7.19. The molecule has 24 heavy (non-hydrogen) atoms. The summed E-state index contributed by atoms with van der Waals surface area (Å²) in [5, 5.41) is 4.01. The van der Waals surface area contributed by atoms with Gasteiger partial charge < -0.3 is 5.32 Å². The van der Waals surface area contributed by atoms with E-state index >= 15 is 0 Å². The van der Waals surface area contributed by atoms with Crippen molar-refractivity contribution in [3.05, 3.63) is 81.7 Å². The van der Waals surface area contributed by atoms with Crippen LogP contribution in [0.3, 0.4) is 0 Å². The average Bonchev–Trinajstić information content (AvgIpc) is 2.90. The molecular formula is C19H15ClN2OS. The highest BCUT2D eigenvalue weighted by molar-refractivity contribution is 8.18. The molecule has 5 heteroatoms. The van der Waals surface area contributed by atoms with Crippen LogP contribution in [-0.4, -0.2) is 11.1 Å². The van der Waals surface area contributed by atoms with Crippen molar-refractivity contribution in [3.63, 3.8) is 0 Å². The van der Waals surface area contributed by atoms with Crippen LogP contribution in [0.2, 0.25) is 5.02 Å². The van der Waals surface area contributed by atoms with Gasteiger partial charge in [-0.15, -0.1) is 0 Å². The number of nitrogens with one attached hydrogen (secondary N) is 1. The molecule has 2 aromatic rings. The molecular weight excluding hydrogens is 340 g/mol. The van der Waals surface area contributed by atoms with E-state index in [-0.39, 0.29) is 5.91 Å². The van der Waals surface area contributed by atoms with Crippen molar-refractivity contribution >= 4 is 46.2 Å². The van der Waals surface area contributed by atoms with Crippen LogP contribution in [0.25, 0.3) is 6.08 Å². The number of benzene rings is 2. The van der Waals surface area contributed by atoms with Gasteiger partial charge in [0.15, 0.2) is 5.17 Å². The number of amides is 1. The number of allylic oxidation sites excluding steroid dienone is 2. The minimum Gasteiger partial charge on any atom is -0.300 e. The van der Waals surface area contributed by atoms with E-state index in [9.17, 15) is 4.79 Å². The van der Waals surface area contributed by atoms with E-state index in [2.05, 4.69) is 10.3 Å². The van der Waals surface area contributed by atoms with Crippen LogP contribution < -0.4 is 5.32 Å². The minimum absolute atomic E-state index is 0.131. The summed E-state index contributed by atoms with van der Waals surface area (Å²) in [5.41, 5.74) is 2.86. The Labute approximate surface area is 150 Å². The van der Waals surface area contributed by atoms with Gasteiger partial charge in [0.25, 0.3) is 5.91 Å². The normalized spacial score (nSPS) is 18.2. The molecule has 0 aromatic heterocycles. The van der Waals surface area contributed by atoms with Crippen LogP contribution >= 0.6 is 23.4 Å². The fourth-order valence-corrected chi connectivity index (χ4v) is 3.19. The molecule has 1 N–H and O–H groups in total. The first-order valence-corrected chi connectivity index (χ1v) is 8.58. The second kappa shape index (κ2) is 7.51. The fourth-order valence-electron chi connectivity index (χ4n) is 2.17. The van der Waals surface area contributed by atoms with E-state index in [1.165, 1.54) is 11.8 Å². The Bertz CT molecular complexity index is 839. The standard InChI is InChI=1S/C19H15ClN2OS/c1-13(11-14-5-3-2-4-6-14)12-17-18(23)22-19(24-17)21-16-9-7-15(20)8-10-16/h2-12H,1H3,(H,21,22,23)/b13-11-,17-12+. The van der Waals surface area contributed by atoms with Crippen LogP contribution in [0.4, 0.5) is 5.69 Å². The third kappa shape index (κ3) is 4.37. The molecule has 0 aliphatic carbocycles. The van der Waals surface area contributed by atoms with E-state index in [1.807, 2.05) is 61.5 Å². The maximum atomic E-state index is 12.1. The SMILES string of the molecule is CC(=C/c1ccccc1)/C=C1/SC(=Nc2ccc(Cl)cc2)NC1=O. The summed E-state index contributed by atoms with van der Waals surface area (Å²) in [6.45, 7) is 1.97. The molecule has 0 spiro atoms. The topological polar surface area (TPSA) is 41.5 Å². The largest absolute Gasteiger partial charge is 0.300 e. The highest BCUT2D eigenvalue weighted by atomic mass is 35.5. The molecule has 0 atom stereocenters. The lowest BCUT2D eigenvalue weighted by molar-refractivity contribution is -0.115. The second-order valence-corrected chi connectivity index (χ2v) is 6.72. The second-order valence-electron chi connectivity index (χ2n) is 5.26. The molecule has 120 valence electrons. The molecule has 1 aliphatic rings. The van der Waals surface area contributed by atoms with E-state index in [0.717, 1.165) is 16.8 Å². The van der Waals surface area contributed by atoms with Crippen LogP contribution in [0.1, 0.15) is 12.5 Å². The number of carbonyl (C=O) groups is 1. The zero-order chi connectivity index (χ0) is 16.9. The Balaban J connectivity index is 1.77. The molecule has 3 rings (SSSR count). The third-order valence-corrected chi connectivity index (χ3v) is 4.42. The zero-order valence-corrected chi connectivity index (χ0v) is 14.6. The molecule has 1 saturated heterocycles. The monoisotopic (exact) mass is 354 g/mol. The number of amidine groups is 1. The van der Waals surface area contributed by atoms with Crippen LogP contribution in [-0.2, 0) is 4.79 Å². The van der Waals surface area contributed by atoms with E-state index in [4.69, 9.17) is 11.6 Å². The summed E-state index contributed by atoms with van der Waals surface area (Å²) in [6.07, 6.45) is 3.91. The van der Waals surface area contributed by atoms with E-state index < -0.39 is 0 Å². The number of thioether (sulfide) groups is 1. The first kappa shape index (κ1) is 16.6. The molecule has 1 amide bonds. The van der Waals surface area contributed by atoms with Gasteiger partial charge >= 0.3 is 0 Å². The lowest BCUT2D eigenvalue weighted by atomic mass is 10.1. The predicted octanol–water partition coefficient (Wildman–Crippen LogP) is 5.18. The van der Waals surface area contributed by atoms with Gasteiger partial charge in [-0.05, 0) is 60.2 Å². The molecule has 0 radical (unpaired) electrons. The maximum absolute atomic E-state index is 12.1. The smallest absolute Gasteiger partial charge is 0.264 e. The number of hydrogen-bond donors (Lipinski definition) is 1. The number of rotatable bonds is 3. The molecule has 3 nitrogen and oxygen atoms in total. The lowest BCUT2D eigenvalue weighted by Crippen LogP contribution is -2.19. The fraction of sp³-hybridized carbons (Fsp3) is 0.0526. The van der Waals surface area contributed by atoms with Crippen molar-refractivity contribution in [2.24, 2.45) is 4.99 Å². The number of hydrogen-bond acceptors (Lipinski definition) is 3. The van der Waals surface area contributed by atoms with Crippen molar-refractivity contribution < 1.29 is 4.79 Å². The molecule has 1 fully saturated rings. The van der Waals surface area contributed by atoms with Crippen LogP contribution in [0.5, 0.6) is 0 Å². The summed E-state index contributed by atoms with van der Waals surface area (Å²) in [7, 11) is 0. The first-order valence-electron chi connectivity index (χ1n) is 7.39. The summed E-state index contributed by atoms with van der Waals surface area (Å²) < 4.78 is 0. The Kier molecular flexibility index (Phi) is 5.18. The Hall–Kier alpha value is -2.30. The summed E-state index contributed by atoms with van der Waals surface area (Å²) in [5.74, 6) is -0.131. The van der Waals surface area contributed by atoms with Gasteiger partial charge in [0.2, 0.25) is 0 Å². The van der Waals surface area contributed by atoms with Gasteiger partial charge in [-0.1, -0.05) is 48.0 Å². The molecule has 2 aromatic carbocycles. The predicted molar refractivity (Wildman–Crippen MR) is 102 cm³/mol. The molecule has 1 aliphatic heterocycles. The van der Waals surface area contributed by atoms with Crippen molar-refractivity contribution in [2.45, 2.75) is 6.92 Å². The van der Waals surface area contributed by atoms with Gasteiger partial charge in [0, 0.05) is 5.02 Å². The van der Waals surface area contributed by atoms with Crippen molar-refractivity contribution in [1.82, 2.24) is 5.32 Å². The van der Waals surface area contributed by atoms with Gasteiger partial charge in [-0.2, -0.15) is 0 Å². The Morgan fingerprint density at radius 1 is 1.12 bits per heavy atom. The summed E-state index contributed by atoms with van der Waals surface area (Å²) in [6, 6.07) is 17.2. The maximum Gasteiger partial charge on any atom is 0.264 e. The van der Waals surface area contributed by atoms with Gasteiger partial charge in [0.1, 0.15) is 0 Å². The average molecular weight is 355 g/mol. The minimum atomic E-state index is -0.131. The van der Waals surface area contributed by atoms with Crippen molar-refractivity contribution in [3.8, 4) is 0 Å². The first-order chi connectivity index (χ1) is 11.6. The van der Waals surface area contributed by atoms with Crippen LogP contribution in [0, 0.1) is 0 Å². The zero-order valence-electron chi connectivity index (χ0n) is 13.0. The third-order valence-electron chi connectivity index (χ3n) is 3.26. The Morgan fingerprint density at radius 2 is 1.83 bits per heavy atom. The highest BCUT2D eigenvalue weighted by Crippen LogP contribution is 2.28. The van der Waals surface area contributed by atoms with Crippen molar-refractivity contribution in [1.29, 1.82) is 0 Å². The van der Waals surface area contributed by atoms with Gasteiger partial charge in [-0.3, -0.25) is 4.79 Å².